The number of carbonyl (C=O) groups is 2. The van der Waals surface area contributed by atoms with Crippen molar-refractivity contribution in [2.45, 2.75) is 45.3 Å². The van der Waals surface area contributed by atoms with Crippen LogP contribution in [-0.2, 0) is 14.3 Å². The van der Waals surface area contributed by atoms with Gasteiger partial charge >= 0.3 is 12.1 Å². The number of methoxy groups -OCH3 is 1. The summed E-state index contributed by atoms with van der Waals surface area (Å²) in [5.41, 5.74) is -0.252. The van der Waals surface area contributed by atoms with E-state index in [9.17, 15) is 9.59 Å². The Balaban J connectivity index is 2.19. The number of fused-ring (bicyclic) bond motifs is 1. The molecule has 0 N–H and O–H groups in total. The number of amides is 1. The summed E-state index contributed by atoms with van der Waals surface area (Å²) in [6.45, 7) is 5.42. The summed E-state index contributed by atoms with van der Waals surface area (Å²) in [6.07, 6.45) is 3.15. The highest BCUT2D eigenvalue weighted by molar-refractivity contribution is 5.93. The Hall–Kier alpha value is -1.52. The van der Waals surface area contributed by atoms with Gasteiger partial charge in [0.05, 0.1) is 7.11 Å². The topological polar surface area (TPSA) is 55.8 Å². The summed E-state index contributed by atoms with van der Waals surface area (Å²) in [4.78, 5) is 25.2. The van der Waals surface area contributed by atoms with Gasteiger partial charge in [-0.1, -0.05) is 0 Å². The predicted octanol–water partition coefficient (Wildman–Crippen LogP) is 2.07. The van der Waals surface area contributed by atoms with Crippen LogP contribution in [-0.4, -0.2) is 35.7 Å². The van der Waals surface area contributed by atoms with Crippen LogP contribution in [0.1, 0.15) is 33.6 Å². The van der Waals surface area contributed by atoms with Crippen molar-refractivity contribution < 1.29 is 19.1 Å². The maximum atomic E-state index is 12.1. The lowest BCUT2D eigenvalue weighted by Crippen LogP contribution is -2.53. The highest BCUT2D eigenvalue weighted by Crippen LogP contribution is 2.41. The number of ether oxygens (including phenoxy) is 2. The van der Waals surface area contributed by atoms with Crippen molar-refractivity contribution in [3.05, 3.63) is 11.8 Å². The van der Waals surface area contributed by atoms with Gasteiger partial charge in [0.25, 0.3) is 0 Å². The number of nitrogens with zero attached hydrogens (tertiary/aromatic N) is 1. The number of esters is 1. The molecule has 0 unspecified atom stereocenters. The molecule has 5 nitrogen and oxygen atoms in total. The molecule has 2 aliphatic heterocycles. The van der Waals surface area contributed by atoms with E-state index in [1.165, 1.54) is 12.0 Å². The van der Waals surface area contributed by atoms with Crippen LogP contribution in [0.4, 0.5) is 4.79 Å². The van der Waals surface area contributed by atoms with Crippen molar-refractivity contribution >= 4 is 12.1 Å². The van der Waals surface area contributed by atoms with Gasteiger partial charge in [0.2, 0.25) is 0 Å². The first-order valence-electron chi connectivity index (χ1n) is 6.14. The molecule has 2 heterocycles. The van der Waals surface area contributed by atoms with E-state index in [0.717, 1.165) is 12.8 Å². The van der Waals surface area contributed by atoms with Crippen molar-refractivity contribution in [1.82, 2.24) is 4.90 Å². The van der Waals surface area contributed by atoms with E-state index >= 15 is 0 Å². The average molecular weight is 253 g/mol. The molecule has 0 spiro atoms. The third-order valence-corrected chi connectivity index (χ3v) is 3.15. The van der Waals surface area contributed by atoms with Crippen molar-refractivity contribution in [3.8, 4) is 0 Å². The van der Waals surface area contributed by atoms with E-state index < -0.39 is 17.7 Å². The molecule has 1 aliphatic carbocycles. The van der Waals surface area contributed by atoms with Crippen LogP contribution in [0, 0.1) is 5.92 Å². The molecule has 3 rings (SSSR count). The summed E-state index contributed by atoms with van der Waals surface area (Å²) < 4.78 is 10.0. The minimum absolute atomic E-state index is 0.0731. The summed E-state index contributed by atoms with van der Waals surface area (Å²) in [5, 5.41) is 0. The zero-order chi connectivity index (χ0) is 13.5. The van der Waals surface area contributed by atoms with E-state index in [4.69, 9.17) is 9.47 Å². The minimum Gasteiger partial charge on any atom is -0.464 e. The zero-order valence-electron chi connectivity index (χ0n) is 11.2. The highest BCUT2D eigenvalue weighted by Gasteiger charge is 2.45. The second-order valence-corrected chi connectivity index (χ2v) is 5.78. The maximum Gasteiger partial charge on any atom is 0.415 e. The van der Waals surface area contributed by atoms with Gasteiger partial charge in [0.1, 0.15) is 11.3 Å². The number of allylic oxidation sites excluding steroid dienone is 1. The first kappa shape index (κ1) is 12.9. The third kappa shape index (κ3) is 2.35. The number of carbonyl (C=O) groups excluding carboxylic acids is 2. The van der Waals surface area contributed by atoms with Gasteiger partial charge in [-0.05, 0) is 45.6 Å². The maximum absolute atomic E-state index is 12.1. The highest BCUT2D eigenvalue weighted by atomic mass is 16.6. The molecule has 0 aromatic carbocycles. The molecule has 1 fully saturated rings. The fourth-order valence-corrected chi connectivity index (χ4v) is 2.31. The van der Waals surface area contributed by atoms with Crippen molar-refractivity contribution in [2.75, 3.05) is 7.11 Å². The first-order valence-corrected chi connectivity index (χ1v) is 6.14. The van der Waals surface area contributed by atoms with Gasteiger partial charge in [-0.15, -0.1) is 0 Å². The number of hydrogen-bond donors (Lipinski definition) is 0. The fourth-order valence-electron chi connectivity index (χ4n) is 2.31. The normalized spacial score (nSPS) is 26.0. The number of hydrogen-bond acceptors (Lipinski definition) is 4. The Labute approximate surface area is 107 Å². The molecule has 100 valence electrons. The van der Waals surface area contributed by atoms with Crippen LogP contribution >= 0.6 is 0 Å². The first-order chi connectivity index (χ1) is 8.31. The molecule has 0 saturated heterocycles. The molecule has 0 aromatic heterocycles. The van der Waals surface area contributed by atoms with Gasteiger partial charge in [-0.3, -0.25) is 4.90 Å². The Morgan fingerprint density at radius 1 is 1.33 bits per heavy atom. The summed E-state index contributed by atoms with van der Waals surface area (Å²) in [6, 6.07) is 0.0731. The fraction of sp³-hybridized carbons (Fsp3) is 0.692. The van der Waals surface area contributed by atoms with Gasteiger partial charge in [-0.2, -0.15) is 0 Å². The standard InChI is InChI=1S/C13H19NO4/c1-13(2,3)18-12(16)14-9-5-8(6-9)7-10(14)11(15)17-4/h7-9H,5-6H2,1-4H3. The third-order valence-electron chi connectivity index (χ3n) is 3.15. The molecule has 1 amide bonds. The molecule has 5 heteroatoms. The van der Waals surface area contributed by atoms with Crippen LogP contribution in [0.15, 0.2) is 11.8 Å². The quantitative estimate of drug-likeness (QED) is 0.671. The Morgan fingerprint density at radius 2 is 1.94 bits per heavy atom. The molecule has 0 radical (unpaired) electrons. The Morgan fingerprint density at radius 3 is 2.44 bits per heavy atom. The molecular formula is C13H19NO4. The Bertz CT molecular complexity index is 402. The summed E-state index contributed by atoms with van der Waals surface area (Å²) in [5.74, 6) is -0.0851. The van der Waals surface area contributed by atoms with Gasteiger partial charge in [0, 0.05) is 6.04 Å². The van der Waals surface area contributed by atoms with E-state index in [0.29, 0.717) is 11.6 Å². The lowest BCUT2D eigenvalue weighted by molar-refractivity contribution is -0.139. The molecule has 18 heavy (non-hydrogen) atoms. The second kappa shape index (κ2) is 4.30. The molecule has 3 aliphatic rings. The predicted molar refractivity (Wildman–Crippen MR) is 64.7 cm³/mol. The van der Waals surface area contributed by atoms with Crippen molar-refractivity contribution in [1.29, 1.82) is 0 Å². The second-order valence-electron chi connectivity index (χ2n) is 5.78. The van der Waals surface area contributed by atoms with Gasteiger partial charge in [0.15, 0.2) is 0 Å². The largest absolute Gasteiger partial charge is 0.464 e. The molecule has 0 atom stereocenters. The van der Waals surface area contributed by atoms with Crippen LogP contribution in [0.3, 0.4) is 0 Å². The molecular weight excluding hydrogens is 234 g/mol. The van der Waals surface area contributed by atoms with Crippen molar-refractivity contribution in [3.63, 3.8) is 0 Å². The molecule has 0 aromatic rings. The minimum atomic E-state index is -0.571. The van der Waals surface area contributed by atoms with Crippen molar-refractivity contribution in [2.24, 2.45) is 5.92 Å². The van der Waals surface area contributed by atoms with Crippen LogP contribution < -0.4 is 0 Å². The SMILES string of the molecule is COC(=O)C1=CC2CC(C2)N1C(=O)OC(C)(C)C. The van der Waals surface area contributed by atoms with E-state index in [-0.39, 0.29) is 6.04 Å². The van der Waals surface area contributed by atoms with Crippen LogP contribution in [0.5, 0.6) is 0 Å². The van der Waals surface area contributed by atoms with E-state index in [1.807, 2.05) is 6.08 Å². The average Bonchev–Trinajstić information content (AvgIpc) is 2.23. The van der Waals surface area contributed by atoms with Gasteiger partial charge in [-0.25, -0.2) is 9.59 Å². The van der Waals surface area contributed by atoms with Crippen LogP contribution in [0.2, 0.25) is 0 Å². The number of rotatable bonds is 1. The van der Waals surface area contributed by atoms with Crippen LogP contribution in [0.25, 0.3) is 0 Å². The smallest absolute Gasteiger partial charge is 0.415 e. The molecule has 1 saturated carbocycles. The monoisotopic (exact) mass is 253 g/mol. The van der Waals surface area contributed by atoms with Gasteiger partial charge < -0.3 is 9.47 Å². The molecule has 2 bridgehead atoms. The summed E-state index contributed by atoms with van der Waals surface area (Å²) in [7, 11) is 1.32. The summed E-state index contributed by atoms with van der Waals surface area (Å²) >= 11 is 0. The van der Waals surface area contributed by atoms with E-state index in [2.05, 4.69) is 0 Å². The lowest BCUT2D eigenvalue weighted by atomic mass is 9.75. The Kier molecular flexibility index (Phi) is 3.09. The zero-order valence-corrected chi connectivity index (χ0v) is 11.2. The van der Waals surface area contributed by atoms with E-state index in [1.54, 1.807) is 20.8 Å². The lowest BCUT2D eigenvalue weighted by Gasteiger charge is -2.46.